The predicted octanol–water partition coefficient (Wildman–Crippen LogP) is 3.35. The number of fused-ring (bicyclic) bond motifs is 1. The second-order valence-electron chi connectivity index (χ2n) is 7.88. The Morgan fingerprint density at radius 2 is 2.07 bits per heavy atom. The second-order valence-corrected chi connectivity index (χ2v) is 8.24. The summed E-state index contributed by atoms with van der Waals surface area (Å²) in [7, 11) is 0. The number of carboxylic acid groups (broad SMARTS) is 1. The first-order chi connectivity index (χ1) is 14.5. The number of amides is 1. The van der Waals surface area contributed by atoms with E-state index < -0.39 is 6.09 Å². The van der Waals surface area contributed by atoms with Gasteiger partial charge in [0.1, 0.15) is 16.8 Å². The Bertz CT molecular complexity index is 991. The quantitative estimate of drug-likeness (QED) is 0.759. The second kappa shape index (κ2) is 8.50. The van der Waals surface area contributed by atoms with E-state index in [1.54, 1.807) is 0 Å². The fourth-order valence-electron chi connectivity index (χ4n) is 4.45. The third kappa shape index (κ3) is 3.93. The van der Waals surface area contributed by atoms with Crippen LogP contribution in [0, 0.1) is 11.3 Å². The average molecular weight is 426 g/mol. The van der Waals surface area contributed by atoms with Crippen LogP contribution in [-0.4, -0.2) is 58.2 Å². The van der Waals surface area contributed by atoms with Crippen molar-refractivity contribution in [3.63, 3.8) is 0 Å². The molecule has 1 aromatic carbocycles. The van der Waals surface area contributed by atoms with Crippen LogP contribution in [0.5, 0.6) is 0 Å². The van der Waals surface area contributed by atoms with Crippen molar-refractivity contribution in [2.75, 3.05) is 31.1 Å². The number of hydrogen-bond donors (Lipinski definition) is 1. The molecule has 1 N–H and O–H groups in total. The molecule has 0 unspecified atom stereocenters. The Balaban J connectivity index is 1.63. The zero-order chi connectivity index (χ0) is 21.3. The van der Waals surface area contributed by atoms with E-state index in [4.69, 9.17) is 11.6 Å². The number of nitrogens with zero attached hydrogens (tertiary/aromatic N) is 5. The third-order valence-electron chi connectivity index (χ3n) is 5.91. The molecule has 156 valence electrons. The predicted molar refractivity (Wildman–Crippen MR) is 115 cm³/mol. The summed E-state index contributed by atoms with van der Waals surface area (Å²) in [5, 5.41) is 19.4. The monoisotopic (exact) mass is 425 g/mol. The van der Waals surface area contributed by atoms with Gasteiger partial charge < -0.3 is 14.9 Å². The molecule has 7 nitrogen and oxygen atoms in total. The number of halogens is 1. The fraction of sp³-hybridized carbons (Fsp3) is 0.409. The van der Waals surface area contributed by atoms with E-state index in [1.807, 2.05) is 25.1 Å². The Hall–Kier alpha value is -2.82. The molecule has 1 atom stereocenters. The molecule has 1 aromatic heterocycles. The summed E-state index contributed by atoms with van der Waals surface area (Å²) in [6, 6.07) is 12.4. The van der Waals surface area contributed by atoms with Crippen LogP contribution in [0.15, 0.2) is 30.3 Å². The van der Waals surface area contributed by atoms with E-state index in [-0.39, 0.29) is 11.2 Å². The number of carbonyl (C=O) groups is 1. The van der Waals surface area contributed by atoms with Crippen molar-refractivity contribution >= 4 is 23.4 Å². The van der Waals surface area contributed by atoms with E-state index in [2.05, 4.69) is 33.0 Å². The number of benzene rings is 1. The van der Waals surface area contributed by atoms with Crippen LogP contribution >= 0.6 is 11.6 Å². The Morgan fingerprint density at radius 1 is 1.30 bits per heavy atom. The summed E-state index contributed by atoms with van der Waals surface area (Å²) in [4.78, 5) is 21.9. The summed E-state index contributed by atoms with van der Waals surface area (Å²) >= 11 is 6.43. The smallest absolute Gasteiger partial charge is 0.407 e. The molecule has 4 rings (SSSR count). The normalized spacial score (nSPS) is 19.3. The molecule has 0 spiro atoms. The fourth-order valence-corrected chi connectivity index (χ4v) is 4.68. The van der Waals surface area contributed by atoms with Crippen LogP contribution in [0.3, 0.4) is 0 Å². The lowest BCUT2D eigenvalue weighted by atomic mass is 9.97. The van der Waals surface area contributed by atoms with Crippen LogP contribution in [0.25, 0.3) is 0 Å². The lowest BCUT2D eigenvalue weighted by Gasteiger charge is -2.41. The highest BCUT2D eigenvalue weighted by Crippen LogP contribution is 2.36. The first kappa shape index (κ1) is 20.5. The third-order valence-corrected chi connectivity index (χ3v) is 6.19. The lowest BCUT2D eigenvalue weighted by molar-refractivity contribution is 0.122. The highest BCUT2D eigenvalue weighted by atomic mass is 35.5. The van der Waals surface area contributed by atoms with E-state index >= 15 is 0 Å². The molecule has 0 bridgehead atoms. The van der Waals surface area contributed by atoms with Gasteiger partial charge in [0, 0.05) is 50.9 Å². The number of aromatic nitrogens is 1. The maximum Gasteiger partial charge on any atom is 0.407 e. The minimum atomic E-state index is -0.908. The number of pyridine rings is 1. The Labute approximate surface area is 181 Å². The van der Waals surface area contributed by atoms with Gasteiger partial charge in [-0.05, 0) is 18.9 Å². The summed E-state index contributed by atoms with van der Waals surface area (Å²) in [6.45, 7) is 5.73. The van der Waals surface area contributed by atoms with Crippen molar-refractivity contribution in [2.24, 2.45) is 0 Å². The van der Waals surface area contributed by atoms with Gasteiger partial charge in [-0.15, -0.1) is 0 Å². The van der Waals surface area contributed by atoms with Gasteiger partial charge in [-0.2, -0.15) is 5.26 Å². The van der Waals surface area contributed by atoms with Gasteiger partial charge in [0.05, 0.1) is 11.4 Å². The number of piperazine rings is 1. The van der Waals surface area contributed by atoms with Gasteiger partial charge in [-0.25, -0.2) is 9.78 Å². The summed E-state index contributed by atoms with van der Waals surface area (Å²) in [5.41, 5.74) is 4.45. The van der Waals surface area contributed by atoms with Crippen molar-refractivity contribution in [2.45, 2.75) is 32.5 Å². The molecule has 1 fully saturated rings. The van der Waals surface area contributed by atoms with Crippen LogP contribution in [-0.2, 0) is 19.5 Å². The van der Waals surface area contributed by atoms with Crippen molar-refractivity contribution < 1.29 is 9.90 Å². The van der Waals surface area contributed by atoms with Crippen LogP contribution in [0.2, 0.25) is 5.15 Å². The first-order valence-electron chi connectivity index (χ1n) is 10.1. The molecule has 0 saturated carbocycles. The SMILES string of the molecule is C[C@@H]1CN(c2c(C#N)c(Cl)nc3c2CCN(Cc2ccccc2)C3)CCN1C(=O)O. The molecular weight excluding hydrogens is 402 g/mol. The zero-order valence-corrected chi connectivity index (χ0v) is 17.6. The Morgan fingerprint density at radius 3 is 2.73 bits per heavy atom. The van der Waals surface area contributed by atoms with Crippen LogP contribution < -0.4 is 4.90 Å². The molecular formula is C22H24ClN5O2. The average Bonchev–Trinajstić information content (AvgIpc) is 2.73. The summed E-state index contributed by atoms with van der Waals surface area (Å²) < 4.78 is 0. The van der Waals surface area contributed by atoms with Gasteiger partial charge >= 0.3 is 6.09 Å². The van der Waals surface area contributed by atoms with E-state index in [0.29, 0.717) is 31.7 Å². The minimum absolute atomic E-state index is 0.163. The van der Waals surface area contributed by atoms with Crippen molar-refractivity contribution in [1.29, 1.82) is 5.26 Å². The molecule has 3 heterocycles. The molecule has 2 aliphatic rings. The Kier molecular flexibility index (Phi) is 5.80. The van der Waals surface area contributed by atoms with Gasteiger partial charge in [0.2, 0.25) is 0 Å². The molecule has 0 aliphatic carbocycles. The van der Waals surface area contributed by atoms with E-state index in [0.717, 1.165) is 36.5 Å². The molecule has 0 radical (unpaired) electrons. The first-order valence-corrected chi connectivity index (χ1v) is 10.5. The number of rotatable bonds is 3. The molecule has 1 amide bonds. The van der Waals surface area contributed by atoms with Gasteiger partial charge in [0.15, 0.2) is 0 Å². The maximum atomic E-state index is 11.4. The number of anilines is 1. The van der Waals surface area contributed by atoms with Crippen molar-refractivity contribution in [3.05, 3.63) is 57.9 Å². The van der Waals surface area contributed by atoms with Gasteiger partial charge in [0.25, 0.3) is 0 Å². The topological polar surface area (TPSA) is 83.7 Å². The standard InChI is InChI=1S/C22H24ClN5O2/c1-15-12-27(9-10-28(15)22(29)30)20-17-7-8-26(13-16-5-3-2-4-6-16)14-19(17)25-21(23)18(20)11-24/h2-6,15H,7-10,12-14H2,1H3,(H,29,30)/t15-/m1/s1. The highest BCUT2D eigenvalue weighted by molar-refractivity contribution is 6.31. The molecule has 8 heteroatoms. The van der Waals surface area contributed by atoms with Gasteiger partial charge in [-0.1, -0.05) is 41.9 Å². The highest BCUT2D eigenvalue weighted by Gasteiger charge is 2.32. The summed E-state index contributed by atoms with van der Waals surface area (Å²) in [6.07, 6.45) is -0.127. The van der Waals surface area contributed by atoms with Crippen LogP contribution in [0.4, 0.5) is 10.5 Å². The minimum Gasteiger partial charge on any atom is -0.465 e. The maximum absolute atomic E-state index is 11.4. The molecule has 2 aliphatic heterocycles. The van der Waals surface area contributed by atoms with Crippen molar-refractivity contribution in [1.82, 2.24) is 14.8 Å². The lowest BCUT2D eigenvalue weighted by Crippen LogP contribution is -2.54. The molecule has 30 heavy (non-hydrogen) atoms. The number of hydrogen-bond acceptors (Lipinski definition) is 5. The van der Waals surface area contributed by atoms with Crippen LogP contribution in [0.1, 0.15) is 29.3 Å². The molecule has 1 saturated heterocycles. The van der Waals surface area contributed by atoms with Gasteiger partial charge in [-0.3, -0.25) is 4.90 Å². The summed E-state index contributed by atoms with van der Waals surface area (Å²) in [5.74, 6) is 0. The number of nitriles is 1. The zero-order valence-electron chi connectivity index (χ0n) is 16.9. The van der Waals surface area contributed by atoms with E-state index in [1.165, 1.54) is 10.5 Å². The van der Waals surface area contributed by atoms with Crippen molar-refractivity contribution in [3.8, 4) is 6.07 Å². The van der Waals surface area contributed by atoms with E-state index in [9.17, 15) is 15.2 Å². The molecule has 2 aromatic rings. The largest absolute Gasteiger partial charge is 0.465 e.